The molecule has 7 unspecified atom stereocenters. The van der Waals surface area contributed by atoms with Gasteiger partial charge in [-0.05, 0) is 26.7 Å². The molecule has 0 saturated carbocycles. The minimum absolute atomic E-state index is 0.0369. The first-order chi connectivity index (χ1) is 11.2. The lowest BCUT2D eigenvalue weighted by molar-refractivity contribution is -0.292. The Morgan fingerprint density at radius 3 is 2.08 bits per heavy atom. The van der Waals surface area contributed by atoms with Crippen molar-refractivity contribution in [2.24, 2.45) is 5.41 Å². The lowest BCUT2D eigenvalue weighted by Gasteiger charge is -2.43. The summed E-state index contributed by atoms with van der Waals surface area (Å²) in [5, 5.41) is 9.63. The molecule has 142 valence electrons. The molecule has 2 fully saturated rings. The fourth-order valence-corrected chi connectivity index (χ4v) is 3.56. The van der Waals surface area contributed by atoms with Crippen LogP contribution in [0.5, 0.6) is 0 Å². The molecule has 0 aromatic carbocycles. The Bertz CT molecular complexity index is 376. The van der Waals surface area contributed by atoms with Gasteiger partial charge in [-0.3, -0.25) is 0 Å². The van der Waals surface area contributed by atoms with Crippen molar-refractivity contribution < 1.29 is 24.1 Å². The average molecular weight is 344 g/mol. The van der Waals surface area contributed by atoms with Gasteiger partial charge < -0.3 is 24.1 Å². The zero-order valence-corrected chi connectivity index (χ0v) is 16.2. The Balaban J connectivity index is 1.95. The average Bonchev–Trinajstić information content (AvgIpc) is 2.44. The second-order valence-electron chi connectivity index (χ2n) is 8.50. The van der Waals surface area contributed by atoms with Gasteiger partial charge >= 0.3 is 0 Å². The lowest BCUT2D eigenvalue weighted by atomic mass is 9.92. The zero-order valence-electron chi connectivity index (χ0n) is 16.2. The summed E-state index contributed by atoms with van der Waals surface area (Å²) in [6.07, 6.45) is 4.05. The van der Waals surface area contributed by atoms with Crippen LogP contribution in [0.1, 0.15) is 73.6 Å². The molecule has 5 heteroatoms. The summed E-state index contributed by atoms with van der Waals surface area (Å²) >= 11 is 0. The molecule has 1 N–H and O–H groups in total. The highest BCUT2D eigenvalue weighted by atomic mass is 16.7. The van der Waals surface area contributed by atoms with E-state index in [0.29, 0.717) is 6.42 Å². The molecule has 2 heterocycles. The number of aliphatic hydroxyl groups is 1. The van der Waals surface area contributed by atoms with Crippen LogP contribution in [0.4, 0.5) is 0 Å². The van der Waals surface area contributed by atoms with E-state index < -0.39 is 0 Å². The summed E-state index contributed by atoms with van der Waals surface area (Å²) in [6.45, 7) is 12.4. The maximum Gasteiger partial charge on any atom is 0.163 e. The van der Waals surface area contributed by atoms with Crippen LogP contribution < -0.4 is 0 Å². The van der Waals surface area contributed by atoms with E-state index in [0.717, 1.165) is 25.7 Å². The van der Waals surface area contributed by atoms with Crippen LogP contribution >= 0.6 is 0 Å². The van der Waals surface area contributed by atoms with Crippen molar-refractivity contribution in [3.8, 4) is 0 Å². The molecule has 2 aliphatic rings. The van der Waals surface area contributed by atoms with Crippen molar-refractivity contribution >= 4 is 0 Å². The van der Waals surface area contributed by atoms with E-state index in [9.17, 15) is 5.11 Å². The Morgan fingerprint density at radius 1 is 0.958 bits per heavy atom. The van der Waals surface area contributed by atoms with E-state index in [-0.39, 0.29) is 48.5 Å². The summed E-state index contributed by atoms with van der Waals surface area (Å²) in [6, 6.07) is 0. The molecule has 0 spiro atoms. The summed E-state index contributed by atoms with van der Waals surface area (Å²) < 4.78 is 24.1. The zero-order chi connectivity index (χ0) is 17.9. The third-order valence-corrected chi connectivity index (χ3v) is 4.74. The molecule has 0 aromatic heterocycles. The monoisotopic (exact) mass is 344 g/mol. The molecule has 0 radical (unpaired) electrons. The highest BCUT2D eigenvalue weighted by molar-refractivity contribution is 4.82. The molecule has 0 amide bonds. The van der Waals surface area contributed by atoms with Crippen LogP contribution in [0.15, 0.2) is 0 Å². The normalized spacial score (nSPS) is 39.6. The molecule has 2 rings (SSSR count). The highest BCUT2D eigenvalue weighted by Gasteiger charge is 2.38. The Labute approximate surface area is 147 Å². The molecular weight excluding hydrogens is 308 g/mol. The standard InChI is InChI=1S/C19H36O5/c1-7-14-9-17(24-18(23-14)19(4,5)6)11-16-10-15(8-12(2)20)21-13(3)22-16/h12-18,20H,7-11H2,1-6H3. The second kappa shape index (κ2) is 8.45. The van der Waals surface area contributed by atoms with Crippen molar-refractivity contribution in [2.45, 2.75) is 117 Å². The van der Waals surface area contributed by atoms with Gasteiger partial charge in [-0.1, -0.05) is 27.7 Å². The molecule has 0 aliphatic carbocycles. The maximum absolute atomic E-state index is 9.63. The van der Waals surface area contributed by atoms with Gasteiger partial charge in [0.2, 0.25) is 0 Å². The Hall–Kier alpha value is -0.200. The molecule has 0 bridgehead atoms. The number of rotatable bonds is 5. The smallest absolute Gasteiger partial charge is 0.163 e. The lowest BCUT2D eigenvalue weighted by Crippen LogP contribution is -2.47. The largest absolute Gasteiger partial charge is 0.393 e. The van der Waals surface area contributed by atoms with Crippen LogP contribution in [-0.2, 0) is 18.9 Å². The molecule has 5 nitrogen and oxygen atoms in total. The van der Waals surface area contributed by atoms with E-state index in [2.05, 4.69) is 27.7 Å². The van der Waals surface area contributed by atoms with Crippen LogP contribution in [0.3, 0.4) is 0 Å². The van der Waals surface area contributed by atoms with Crippen LogP contribution in [0.2, 0.25) is 0 Å². The quantitative estimate of drug-likeness (QED) is 0.825. The maximum atomic E-state index is 9.63. The van der Waals surface area contributed by atoms with Gasteiger partial charge in [0.25, 0.3) is 0 Å². The van der Waals surface area contributed by atoms with E-state index in [4.69, 9.17) is 18.9 Å². The van der Waals surface area contributed by atoms with Crippen LogP contribution in [0.25, 0.3) is 0 Å². The van der Waals surface area contributed by atoms with Crippen molar-refractivity contribution in [1.29, 1.82) is 0 Å². The molecular formula is C19H36O5. The minimum Gasteiger partial charge on any atom is -0.393 e. The van der Waals surface area contributed by atoms with Gasteiger partial charge in [0.1, 0.15) is 0 Å². The number of hydrogen-bond acceptors (Lipinski definition) is 5. The third kappa shape index (κ3) is 5.95. The summed E-state index contributed by atoms with van der Waals surface area (Å²) in [5.74, 6) is 0. The number of aliphatic hydroxyl groups excluding tert-OH is 1. The molecule has 0 aromatic rings. The summed E-state index contributed by atoms with van der Waals surface area (Å²) in [4.78, 5) is 0. The first kappa shape index (κ1) is 20.1. The molecule has 2 saturated heterocycles. The summed E-state index contributed by atoms with van der Waals surface area (Å²) in [5.41, 5.74) is -0.0369. The van der Waals surface area contributed by atoms with Gasteiger partial charge in [-0.15, -0.1) is 0 Å². The van der Waals surface area contributed by atoms with Gasteiger partial charge in [-0.2, -0.15) is 0 Å². The molecule has 24 heavy (non-hydrogen) atoms. The van der Waals surface area contributed by atoms with Crippen LogP contribution in [-0.4, -0.2) is 48.2 Å². The van der Waals surface area contributed by atoms with Gasteiger partial charge in [-0.25, -0.2) is 0 Å². The Morgan fingerprint density at radius 2 is 1.50 bits per heavy atom. The van der Waals surface area contributed by atoms with Crippen molar-refractivity contribution in [1.82, 2.24) is 0 Å². The third-order valence-electron chi connectivity index (χ3n) is 4.74. The fraction of sp³-hybridized carbons (Fsp3) is 1.00. The predicted octanol–water partition coefficient (Wildman–Crippen LogP) is 3.62. The first-order valence-electron chi connectivity index (χ1n) is 9.47. The SMILES string of the molecule is CCC1CC(CC2CC(CC(C)O)OC(C)O2)OC(C(C)(C)C)O1. The fourth-order valence-electron chi connectivity index (χ4n) is 3.56. The molecule has 7 atom stereocenters. The van der Waals surface area contributed by atoms with Crippen LogP contribution in [0, 0.1) is 5.41 Å². The van der Waals surface area contributed by atoms with Crippen molar-refractivity contribution in [2.75, 3.05) is 0 Å². The van der Waals surface area contributed by atoms with E-state index in [1.165, 1.54) is 0 Å². The van der Waals surface area contributed by atoms with Gasteiger partial charge in [0.05, 0.1) is 30.5 Å². The predicted molar refractivity (Wildman–Crippen MR) is 92.6 cm³/mol. The molecule has 2 aliphatic heterocycles. The van der Waals surface area contributed by atoms with Crippen molar-refractivity contribution in [3.63, 3.8) is 0 Å². The van der Waals surface area contributed by atoms with E-state index in [1.54, 1.807) is 6.92 Å². The van der Waals surface area contributed by atoms with E-state index in [1.807, 2.05) is 6.92 Å². The van der Waals surface area contributed by atoms with Gasteiger partial charge in [0, 0.05) is 24.7 Å². The topological polar surface area (TPSA) is 57.2 Å². The Kier molecular flexibility index (Phi) is 7.09. The first-order valence-corrected chi connectivity index (χ1v) is 9.47. The van der Waals surface area contributed by atoms with E-state index >= 15 is 0 Å². The number of ether oxygens (including phenoxy) is 4. The van der Waals surface area contributed by atoms with Gasteiger partial charge in [0.15, 0.2) is 12.6 Å². The minimum atomic E-state index is -0.352. The highest BCUT2D eigenvalue weighted by Crippen LogP contribution is 2.35. The summed E-state index contributed by atoms with van der Waals surface area (Å²) in [7, 11) is 0. The van der Waals surface area contributed by atoms with Crippen molar-refractivity contribution in [3.05, 3.63) is 0 Å². The number of hydrogen-bond donors (Lipinski definition) is 1. The second-order valence-corrected chi connectivity index (χ2v) is 8.50.